The Balaban J connectivity index is 1.96. The predicted octanol–water partition coefficient (Wildman–Crippen LogP) is 4.45. The van der Waals surface area contributed by atoms with Gasteiger partial charge in [-0.2, -0.15) is 0 Å². The molecule has 7 heteroatoms. The van der Waals surface area contributed by atoms with Crippen molar-refractivity contribution in [1.29, 1.82) is 0 Å². The molecule has 142 valence electrons. The normalized spacial score (nSPS) is 21.7. The monoisotopic (exact) mass is 398 g/mol. The molecule has 0 bridgehead atoms. The number of allylic oxidation sites excluding steroid dienone is 1. The Labute approximate surface area is 163 Å². The Morgan fingerprint density at radius 1 is 1.31 bits per heavy atom. The number of aliphatic carboxylic acids is 1. The van der Waals surface area contributed by atoms with Crippen LogP contribution >= 0.6 is 23.2 Å². The zero-order valence-electron chi connectivity index (χ0n) is 14.8. The number of urea groups is 1. The molecule has 1 aromatic rings. The molecular weight excluding hydrogens is 375 g/mol. The second-order valence-corrected chi connectivity index (χ2v) is 7.65. The summed E-state index contributed by atoms with van der Waals surface area (Å²) in [5, 5.41) is 15.5. The van der Waals surface area contributed by atoms with Crippen LogP contribution in [0.2, 0.25) is 10.0 Å². The summed E-state index contributed by atoms with van der Waals surface area (Å²) in [5.74, 6) is -1.25. The molecule has 0 spiro atoms. The molecule has 4 atom stereocenters. The van der Waals surface area contributed by atoms with Gasteiger partial charge in [-0.1, -0.05) is 48.3 Å². The molecule has 0 aliphatic heterocycles. The maximum atomic E-state index is 12.2. The Hall–Kier alpha value is -1.72. The quantitative estimate of drug-likeness (QED) is 0.619. The Morgan fingerprint density at radius 3 is 2.54 bits per heavy atom. The van der Waals surface area contributed by atoms with E-state index in [4.69, 9.17) is 23.2 Å². The van der Waals surface area contributed by atoms with Crippen LogP contribution in [0.25, 0.3) is 0 Å². The number of rotatable bonds is 6. The molecule has 1 aliphatic rings. The summed E-state index contributed by atoms with van der Waals surface area (Å²) in [6, 6.07) is 4.36. The third-order valence-electron chi connectivity index (χ3n) is 4.71. The van der Waals surface area contributed by atoms with Gasteiger partial charge in [-0.25, -0.2) is 4.79 Å². The van der Waals surface area contributed by atoms with E-state index in [0.29, 0.717) is 11.5 Å². The largest absolute Gasteiger partial charge is 0.481 e. The molecule has 0 heterocycles. The Bertz CT molecular complexity index is 673. The molecule has 26 heavy (non-hydrogen) atoms. The van der Waals surface area contributed by atoms with Crippen molar-refractivity contribution >= 4 is 35.2 Å². The first-order chi connectivity index (χ1) is 12.3. The Morgan fingerprint density at radius 2 is 1.96 bits per heavy atom. The highest BCUT2D eigenvalue weighted by molar-refractivity contribution is 6.36. The van der Waals surface area contributed by atoms with Crippen molar-refractivity contribution in [3.63, 3.8) is 0 Å². The fourth-order valence-electron chi connectivity index (χ4n) is 3.21. The fraction of sp³-hybridized carbons (Fsp3) is 0.474. The van der Waals surface area contributed by atoms with Crippen molar-refractivity contribution in [2.45, 2.75) is 38.6 Å². The van der Waals surface area contributed by atoms with Gasteiger partial charge in [0.05, 0.1) is 0 Å². The molecule has 1 aromatic carbocycles. The molecule has 0 fully saturated rings. The number of hydrogen-bond acceptors (Lipinski definition) is 2. The average molecular weight is 399 g/mol. The van der Waals surface area contributed by atoms with Crippen LogP contribution in [0.15, 0.2) is 30.4 Å². The van der Waals surface area contributed by atoms with Gasteiger partial charge in [0.1, 0.15) is 5.92 Å². The van der Waals surface area contributed by atoms with Crippen LogP contribution in [0, 0.1) is 11.8 Å². The van der Waals surface area contributed by atoms with Crippen molar-refractivity contribution in [2.75, 3.05) is 6.54 Å². The van der Waals surface area contributed by atoms with Gasteiger partial charge >= 0.3 is 12.0 Å². The van der Waals surface area contributed by atoms with E-state index in [-0.39, 0.29) is 28.5 Å². The topological polar surface area (TPSA) is 78.4 Å². The van der Waals surface area contributed by atoms with Gasteiger partial charge in [0.2, 0.25) is 0 Å². The lowest BCUT2D eigenvalue weighted by Crippen LogP contribution is -2.46. The van der Waals surface area contributed by atoms with Crippen molar-refractivity contribution in [2.24, 2.45) is 11.8 Å². The van der Waals surface area contributed by atoms with E-state index in [1.54, 1.807) is 18.2 Å². The molecule has 0 radical (unpaired) electrons. The second-order valence-electron chi connectivity index (χ2n) is 6.84. The van der Waals surface area contributed by atoms with Gasteiger partial charge in [0.25, 0.3) is 0 Å². The molecule has 4 unspecified atom stereocenters. The fourth-order valence-corrected chi connectivity index (χ4v) is 3.87. The van der Waals surface area contributed by atoms with Crippen molar-refractivity contribution < 1.29 is 14.7 Å². The molecule has 3 N–H and O–H groups in total. The number of hydrogen-bond donors (Lipinski definition) is 3. The van der Waals surface area contributed by atoms with Crippen LogP contribution in [-0.4, -0.2) is 29.7 Å². The van der Waals surface area contributed by atoms with E-state index >= 15 is 0 Å². The summed E-state index contributed by atoms with van der Waals surface area (Å²) in [5.41, 5.74) is 0.306. The first-order valence-electron chi connectivity index (χ1n) is 8.67. The number of nitrogens with one attached hydrogen (secondary N) is 2. The summed E-state index contributed by atoms with van der Waals surface area (Å²) < 4.78 is 0. The predicted molar refractivity (Wildman–Crippen MR) is 104 cm³/mol. The molecule has 5 nitrogen and oxygen atoms in total. The number of carbonyl (C=O) groups excluding carboxylic acids is 1. The first-order valence-corrected chi connectivity index (χ1v) is 9.43. The minimum absolute atomic E-state index is 0.0406. The van der Waals surface area contributed by atoms with Crippen molar-refractivity contribution in [1.82, 2.24) is 10.6 Å². The van der Waals surface area contributed by atoms with Gasteiger partial charge in [-0.3, -0.25) is 4.79 Å². The number of carboxylic acids is 1. The molecule has 0 saturated carbocycles. The number of halogens is 2. The van der Waals surface area contributed by atoms with Gasteiger partial charge in [0.15, 0.2) is 0 Å². The smallest absolute Gasteiger partial charge is 0.315 e. The average Bonchev–Trinajstić information content (AvgIpc) is 2.57. The highest BCUT2D eigenvalue weighted by atomic mass is 35.5. The van der Waals surface area contributed by atoms with Crippen molar-refractivity contribution in [3.8, 4) is 0 Å². The molecular formula is C19H24Cl2N2O3. The zero-order valence-corrected chi connectivity index (χ0v) is 16.3. The van der Waals surface area contributed by atoms with Crippen LogP contribution < -0.4 is 10.6 Å². The van der Waals surface area contributed by atoms with Gasteiger partial charge < -0.3 is 15.7 Å². The van der Waals surface area contributed by atoms with E-state index in [9.17, 15) is 14.7 Å². The minimum Gasteiger partial charge on any atom is -0.481 e. The third kappa shape index (κ3) is 5.39. The number of carboxylic acid groups (broad SMARTS) is 1. The summed E-state index contributed by atoms with van der Waals surface area (Å²) in [7, 11) is 0. The van der Waals surface area contributed by atoms with Gasteiger partial charge in [0, 0.05) is 28.2 Å². The van der Waals surface area contributed by atoms with Gasteiger partial charge in [-0.05, 0) is 43.7 Å². The summed E-state index contributed by atoms with van der Waals surface area (Å²) >= 11 is 12.2. The van der Waals surface area contributed by atoms with Crippen LogP contribution in [0.1, 0.15) is 38.2 Å². The van der Waals surface area contributed by atoms with Crippen LogP contribution in [0.3, 0.4) is 0 Å². The maximum Gasteiger partial charge on any atom is 0.315 e. The lowest BCUT2D eigenvalue weighted by Gasteiger charge is -2.28. The molecule has 1 aliphatic carbocycles. The van der Waals surface area contributed by atoms with Crippen LogP contribution in [0.5, 0.6) is 0 Å². The highest BCUT2D eigenvalue weighted by Crippen LogP contribution is 2.31. The van der Waals surface area contributed by atoms with Gasteiger partial charge in [-0.15, -0.1) is 0 Å². The molecule has 2 amide bonds. The maximum absolute atomic E-state index is 12.2. The number of carbonyl (C=O) groups is 2. The lowest BCUT2D eigenvalue weighted by molar-refractivity contribution is -0.138. The highest BCUT2D eigenvalue weighted by Gasteiger charge is 2.26. The summed E-state index contributed by atoms with van der Waals surface area (Å²) in [4.78, 5) is 23.8. The summed E-state index contributed by atoms with van der Waals surface area (Å²) in [6.07, 6.45) is 6.36. The number of amides is 2. The second kappa shape index (κ2) is 9.28. The standard InChI is InChI=1S/C19H24Cl2N2O3/c1-11-5-3-6-13(9-11)12(2)23-19(26)22-10-14(18(24)25)17-15(20)7-4-8-16(17)21/h3-4,6-8,11-14H,5,9-10H2,1-2H3,(H,24,25)(H2,22,23,26). The first kappa shape index (κ1) is 20.6. The molecule has 0 aromatic heterocycles. The molecule has 2 rings (SSSR count). The van der Waals surface area contributed by atoms with E-state index in [1.807, 2.05) is 6.92 Å². The third-order valence-corrected chi connectivity index (χ3v) is 5.37. The van der Waals surface area contributed by atoms with E-state index < -0.39 is 17.9 Å². The van der Waals surface area contributed by atoms with Crippen LogP contribution in [-0.2, 0) is 4.79 Å². The van der Waals surface area contributed by atoms with Crippen molar-refractivity contribution in [3.05, 3.63) is 46.0 Å². The zero-order chi connectivity index (χ0) is 19.3. The molecule has 0 saturated heterocycles. The van der Waals surface area contributed by atoms with E-state index in [2.05, 4.69) is 29.7 Å². The SMILES string of the molecule is CC1CC=CC(C(C)NC(=O)NCC(C(=O)O)c2c(Cl)cccc2Cl)C1. The lowest BCUT2D eigenvalue weighted by atomic mass is 9.84. The van der Waals surface area contributed by atoms with Crippen LogP contribution in [0.4, 0.5) is 4.79 Å². The number of benzene rings is 1. The van der Waals surface area contributed by atoms with E-state index in [1.165, 1.54) is 0 Å². The van der Waals surface area contributed by atoms with E-state index in [0.717, 1.165) is 12.8 Å². The Kier molecular flexibility index (Phi) is 7.35. The summed E-state index contributed by atoms with van der Waals surface area (Å²) in [6.45, 7) is 4.04. The minimum atomic E-state index is -1.10.